The molecule has 1 saturated carbocycles. The summed E-state index contributed by atoms with van der Waals surface area (Å²) in [5.74, 6) is 0.352. The summed E-state index contributed by atoms with van der Waals surface area (Å²) in [6.07, 6.45) is 2.11. The maximum absolute atomic E-state index is 12.0. The molecule has 1 aliphatic rings. The van der Waals surface area contributed by atoms with Gasteiger partial charge in [0, 0.05) is 13.1 Å². The van der Waals surface area contributed by atoms with Crippen LogP contribution in [0, 0.1) is 0 Å². The molecule has 0 spiro atoms. The zero-order valence-corrected chi connectivity index (χ0v) is 11.2. The monoisotopic (exact) mass is 272 g/mol. The van der Waals surface area contributed by atoms with Crippen LogP contribution >= 0.6 is 0 Å². The molecule has 104 valence electrons. The van der Waals surface area contributed by atoms with Gasteiger partial charge in [-0.1, -0.05) is 12.1 Å². The Morgan fingerprint density at radius 2 is 2.20 bits per heavy atom. The van der Waals surface area contributed by atoms with Gasteiger partial charge in [0.15, 0.2) is 0 Å². The molecule has 0 aliphatic heterocycles. The number of hydrogen-bond acceptors (Lipinski definition) is 4. The van der Waals surface area contributed by atoms with Crippen LogP contribution in [0.5, 0.6) is 0 Å². The highest BCUT2D eigenvalue weighted by molar-refractivity contribution is 5.82. The molecule has 0 saturated heterocycles. The zero-order chi connectivity index (χ0) is 14.1. The zero-order valence-electron chi connectivity index (χ0n) is 11.2. The first-order valence-electron chi connectivity index (χ1n) is 6.63. The van der Waals surface area contributed by atoms with Crippen LogP contribution in [0.15, 0.2) is 29.1 Å². The number of anilines is 1. The number of carbonyl (C=O) groups is 1. The van der Waals surface area contributed by atoms with Gasteiger partial charge in [-0.05, 0) is 25.0 Å². The number of aromatic amines is 1. The Kier molecular flexibility index (Phi) is 3.14. The molecule has 6 heteroatoms. The summed E-state index contributed by atoms with van der Waals surface area (Å²) >= 11 is 0. The molecule has 1 aliphatic carbocycles. The number of fused-ring (bicyclic) bond motifs is 1. The Balaban J connectivity index is 1.81. The van der Waals surface area contributed by atoms with E-state index in [-0.39, 0.29) is 18.0 Å². The number of nitrogens with one attached hydrogen (secondary N) is 2. The molecule has 1 heterocycles. The highest BCUT2D eigenvalue weighted by Gasteiger charge is 2.23. The molecule has 6 nitrogen and oxygen atoms in total. The molecule has 0 bridgehead atoms. The molecular weight excluding hydrogens is 256 g/mol. The summed E-state index contributed by atoms with van der Waals surface area (Å²) in [4.78, 5) is 32.4. The Labute approximate surface area is 115 Å². The molecule has 1 fully saturated rings. The topological polar surface area (TPSA) is 78.1 Å². The van der Waals surface area contributed by atoms with Crippen molar-refractivity contribution >= 4 is 22.8 Å². The van der Waals surface area contributed by atoms with Crippen molar-refractivity contribution in [3.8, 4) is 0 Å². The van der Waals surface area contributed by atoms with E-state index in [1.165, 1.54) is 0 Å². The van der Waals surface area contributed by atoms with Gasteiger partial charge in [-0.2, -0.15) is 0 Å². The van der Waals surface area contributed by atoms with E-state index in [0.717, 1.165) is 12.8 Å². The molecule has 1 aromatic heterocycles. The third-order valence-corrected chi connectivity index (χ3v) is 3.29. The van der Waals surface area contributed by atoms with Crippen molar-refractivity contribution in [3.05, 3.63) is 34.6 Å². The number of aromatic nitrogens is 2. The Hall–Kier alpha value is -2.37. The summed E-state index contributed by atoms with van der Waals surface area (Å²) in [6.45, 7) is 0.178. The predicted molar refractivity (Wildman–Crippen MR) is 76.8 cm³/mol. The predicted octanol–water partition coefficient (Wildman–Crippen LogP) is 0.638. The molecule has 2 aromatic rings. The Morgan fingerprint density at radius 1 is 1.45 bits per heavy atom. The van der Waals surface area contributed by atoms with Crippen LogP contribution < -0.4 is 15.8 Å². The number of para-hydroxylation sites is 1. The van der Waals surface area contributed by atoms with Crippen LogP contribution in [0.2, 0.25) is 0 Å². The number of benzene rings is 1. The van der Waals surface area contributed by atoms with Crippen molar-refractivity contribution in [3.63, 3.8) is 0 Å². The number of hydrogen-bond donors (Lipinski definition) is 2. The molecule has 0 atom stereocenters. The molecule has 0 unspecified atom stereocenters. The standard InChI is InChI=1S/C14H16N4O2/c1-18(8-12(19)15-9-6-7-9)14-16-11-5-3-2-4-10(11)13(20)17-14/h2-5,9H,6-8H2,1H3,(H,15,19)(H,16,17,20). The SMILES string of the molecule is CN(CC(=O)NC1CC1)c1nc2ccccc2c(=O)[nH]1. The van der Waals surface area contributed by atoms with E-state index in [0.29, 0.717) is 22.9 Å². The fourth-order valence-corrected chi connectivity index (χ4v) is 2.05. The van der Waals surface area contributed by atoms with Crippen molar-refractivity contribution < 1.29 is 4.79 Å². The van der Waals surface area contributed by atoms with Crippen LogP contribution in [0.4, 0.5) is 5.95 Å². The molecule has 0 radical (unpaired) electrons. The normalized spacial score (nSPS) is 14.2. The third-order valence-electron chi connectivity index (χ3n) is 3.29. The van der Waals surface area contributed by atoms with E-state index >= 15 is 0 Å². The van der Waals surface area contributed by atoms with Gasteiger partial charge in [0.1, 0.15) is 0 Å². The van der Waals surface area contributed by atoms with Gasteiger partial charge in [0.2, 0.25) is 11.9 Å². The number of nitrogens with zero attached hydrogens (tertiary/aromatic N) is 2. The van der Waals surface area contributed by atoms with Gasteiger partial charge in [0.05, 0.1) is 17.4 Å². The van der Waals surface area contributed by atoms with E-state index in [1.54, 1.807) is 30.1 Å². The lowest BCUT2D eigenvalue weighted by Gasteiger charge is -2.17. The van der Waals surface area contributed by atoms with Crippen molar-refractivity contribution in [1.82, 2.24) is 15.3 Å². The Bertz CT molecular complexity index is 706. The molecule has 3 rings (SSSR count). The summed E-state index contributed by atoms with van der Waals surface area (Å²) in [5.41, 5.74) is 0.431. The van der Waals surface area contributed by atoms with Crippen molar-refractivity contribution in [2.24, 2.45) is 0 Å². The second kappa shape index (κ2) is 4.96. The minimum absolute atomic E-state index is 0.0502. The lowest BCUT2D eigenvalue weighted by atomic mass is 10.2. The first kappa shape index (κ1) is 12.7. The number of H-pyrrole nitrogens is 1. The number of carbonyl (C=O) groups excluding carboxylic acids is 1. The van der Waals surface area contributed by atoms with Crippen LogP contribution in [0.3, 0.4) is 0 Å². The largest absolute Gasteiger partial charge is 0.352 e. The quantitative estimate of drug-likeness (QED) is 0.856. The maximum atomic E-state index is 12.0. The van der Waals surface area contributed by atoms with Crippen LogP contribution in [-0.4, -0.2) is 35.5 Å². The second-order valence-electron chi connectivity index (χ2n) is 5.10. The number of likely N-dealkylation sites (N-methyl/N-ethyl adjacent to an activating group) is 1. The first-order chi connectivity index (χ1) is 9.63. The summed E-state index contributed by atoms with van der Waals surface area (Å²) in [7, 11) is 1.74. The lowest BCUT2D eigenvalue weighted by Crippen LogP contribution is -2.37. The molecule has 1 aromatic carbocycles. The average molecular weight is 272 g/mol. The van der Waals surface area contributed by atoms with Gasteiger partial charge >= 0.3 is 0 Å². The maximum Gasteiger partial charge on any atom is 0.260 e. The van der Waals surface area contributed by atoms with Gasteiger partial charge in [-0.25, -0.2) is 4.98 Å². The Morgan fingerprint density at radius 3 is 2.95 bits per heavy atom. The summed E-state index contributed by atoms with van der Waals surface area (Å²) in [5, 5.41) is 3.45. The summed E-state index contributed by atoms with van der Waals surface area (Å²) in [6, 6.07) is 7.47. The van der Waals surface area contributed by atoms with Crippen LogP contribution in [0.1, 0.15) is 12.8 Å². The molecular formula is C14H16N4O2. The average Bonchev–Trinajstić information content (AvgIpc) is 3.22. The van der Waals surface area contributed by atoms with Gasteiger partial charge in [-0.3, -0.25) is 14.6 Å². The minimum atomic E-state index is -0.194. The fourth-order valence-electron chi connectivity index (χ4n) is 2.05. The lowest BCUT2D eigenvalue weighted by molar-refractivity contribution is -0.119. The number of amides is 1. The van der Waals surface area contributed by atoms with Crippen molar-refractivity contribution in [2.45, 2.75) is 18.9 Å². The minimum Gasteiger partial charge on any atom is -0.352 e. The molecule has 20 heavy (non-hydrogen) atoms. The highest BCUT2D eigenvalue weighted by atomic mass is 16.2. The van der Waals surface area contributed by atoms with E-state index in [2.05, 4.69) is 15.3 Å². The van der Waals surface area contributed by atoms with E-state index in [1.807, 2.05) is 6.07 Å². The smallest absolute Gasteiger partial charge is 0.260 e. The second-order valence-corrected chi connectivity index (χ2v) is 5.10. The van der Waals surface area contributed by atoms with E-state index in [9.17, 15) is 9.59 Å². The van der Waals surface area contributed by atoms with Gasteiger partial charge in [-0.15, -0.1) is 0 Å². The first-order valence-corrected chi connectivity index (χ1v) is 6.63. The molecule has 1 amide bonds. The van der Waals surface area contributed by atoms with Gasteiger partial charge < -0.3 is 10.2 Å². The fraction of sp³-hybridized carbons (Fsp3) is 0.357. The van der Waals surface area contributed by atoms with E-state index < -0.39 is 0 Å². The molecule has 2 N–H and O–H groups in total. The van der Waals surface area contributed by atoms with Crippen molar-refractivity contribution in [1.29, 1.82) is 0 Å². The van der Waals surface area contributed by atoms with Gasteiger partial charge in [0.25, 0.3) is 5.56 Å². The van der Waals surface area contributed by atoms with Crippen LogP contribution in [-0.2, 0) is 4.79 Å². The van der Waals surface area contributed by atoms with Crippen LogP contribution in [0.25, 0.3) is 10.9 Å². The van der Waals surface area contributed by atoms with E-state index in [4.69, 9.17) is 0 Å². The highest BCUT2D eigenvalue weighted by Crippen LogP contribution is 2.18. The van der Waals surface area contributed by atoms with Crippen molar-refractivity contribution in [2.75, 3.05) is 18.5 Å². The third kappa shape index (κ3) is 2.64. The summed E-state index contributed by atoms with van der Waals surface area (Å²) < 4.78 is 0. The number of rotatable bonds is 4.